The lowest BCUT2D eigenvalue weighted by Gasteiger charge is -2.07. The Balaban J connectivity index is 1.41. The Morgan fingerprint density at radius 2 is 1.97 bits per heavy atom. The molecule has 0 bridgehead atoms. The molecule has 1 N–H and O–H groups in total. The van der Waals surface area contributed by atoms with E-state index < -0.39 is 0 Å². The van der Waals surface area contributed by atoms with Crippen LogP contribution in [0.5, 0.6) is 0 Å². The Kier molecular flexibility index (Phi) is 6.31. The lowest BCUT2D eigenvalue weighted by atomic mass is 10.2. The summed E-state index contributed by atoms with van der Waals surface area (Å²) in [6.45, 7) is 4.32. The molecule has 0 saturated carbocycles. The SMILES string of the molecule is C=CCn1c(SCC(=O)Nc2nc(-c3ccccc3)cs2)nnc1-c1ccccn1. The Bertz CT molecular complexity index is 1140. The van der Waals surface area contributed by atoms with E-state index in [2.05, 4.69) is 32.1 Å². The van der Waals surface area contributed by atoms with Crippen LogP contribution in [0.4, 0.5) is 5.13 Å². The molecule has 0 aliphatic carbocycles. The van der Waals surface area contributed by atoms with Gasteiger partial charge in [0.25, 0.3) is 0 Å². The van der Waals surface area contributed by atoms with E-state index in [1.165, 1.54) is 23.1 Å². The summed E-state index contributed by atoms with van der Waals surface area (Å²) in [6.07, 6.45) is 3.47. The van der Waals surface area contributed by atoms with E-state index in [1.54, 1.807) is 12.3 Å². The quantitative estimate of drug-likeness (QED) is 0.327. The summed E-state index contributed by atoms with van der Waals surface area (Å²) in [4.78, 5) is 21.2. The lowest BCUT2D eigenvalue weighted by Crippen LogP contribution is -2.14. The van der Waals surface area contributed by atoms with Crippen LogP contribution < -0.4 is 5.32 Å². The number of nitrogens with zero attached hydrogens (tertiary/aromatic N) is 5. The van der Waals surface area contributed by atoms with Crippen LogP contribution in [0.2, 0.25) is 0 Å². The summed E-state index contributed by atoms with van der Waals surface area (Å²) in [5.41, 5.74) is 2.58. The summed E-state index contributed by atoms with van der Waals surface area (Å²) in [6, 6.07) is 15.5. The number of anilines is 1. The van der Waals surface area contributed by atoms with Crippen molar-refractivity contribution in [1.29, 1.82) is 0 Å². The largest absolute Gasteiger partial charge is 0.301 e. The molecule has 0 fully saturated rings. The molecule has 9 heteroatoms. The number of amides is 1. The molecule has 4 rings (SSSR count). The lowest BCUT2D eigenvalue weighted by molar-refractivity contribution is -0.113. The van der Waals surface area contributed by atoms with Gasteiger partial charge < -0.3 is 5.32 Å². The topological polar surface area (TPSA) is 85.6 Å². The van der Waals surface area contributed by atoms with Crippen molar-refractivity contribution in [3.8, 4) is 22.8 Å². The number of nitrogens with one attached hydrogen (secondary N) is 1. The summed E-state index contributed by atoms with van der Waals surface area (Å²) in [7, 11) is 0. The number of allylic oxidation sites excluding steroid dienone is 1. The molecule has 0 radical (unpaired) electrons. The summed E-state index contributed by atoms with van der Waals surface area (Å²) >= 11 is 2.71. The van der Waals surface area contributed by atoms with Crippen molar-refractivity contribution in [1.82, 2.24) is 24.7 Å². The minimum Gasteiger partial charge on any atom is -0.301 e. The van der Waals surface area contributed by atoms with Gasteiger partial charge >= 0.3 is 0 Å². The van der Waals surface area contributed by atoms with Gasteiger partial charge in [0.05, 0.1) is 11.4 Å². The molecule has 30 heavy (non-hydrogen) atoms. The van der Waals surface area contributed by atoms with Crippen LogP contribution in [-0.4, -0.2) is 36.4 Å². The Labute approximate surface area is 181 Å². The molecule has 3 heterocycles. The number of carbonyl (C=O) groups excluding carboxylic acids is 1. The van der Waals surface area contributed by atoms with Gasteiger partial charge in [0.1, 0.15) is 5.69 Å². The molecule has 0 atom stereocenters. The normalized spacial score (nSPS) is 10.7. The van der Waals surface area contributed by atoms with Crippen LogP contribution in [0.3, 0.4) is 0 Å². The molecule has 150 valence electrons. The molecule has 0 unspecified atom stereocenters. The fourth-order valence-corrected chi connectivity index (χ4v) is 4.22. The predicted molar refractivity (Wildman–Crippen MR) is 120 cm³/mol. The number of carbonyl (C=O) groups is 1. The van der Waals surface area contributed by atoms with Crippen molar-refractivity contribution in [2.45, 2.75) is 11.7 Å². The highest BCUT2D eigenvalue weighted by Crippen LogP contribution is 2.26. The van der Waals surface area contributed by atoms with E-state index in [1.807, 2.05) is 58.5 Å². The third kappa shape index (κ3) is 4.64. The van der Waals surface area contributed by atoms with Gasteiger partial charge in [0.2, 0.25) is 5.91 Å². The Morgan fingerprint density at radius 3 is 2.73 bits per heavy atom. The van der Waals surface area contributed by atoms with Crippen LogP contribution in [0.25, 0.3) is 22.8 Å². The number of pyridine rings is 1. The third-order valence-electron chi connectivity index (χ3n) is 4.07. The first-order chi connectivity index (χ1) is 14.7. The molecule has 1 amide bonds. The first-order valence-corrected chi connectivity index (χ1v) is 11.0. The van der Waals surface area contributed by atoms with Crippen LogP contribution in [0.15, 0.2) is 77.9 Å². The van der Waals surface area contributed by atoms with Crippen molar-refractivity contribution in [3.63, 3.8) is 0 Å². The highest BCUT2D eigenvalue weighted by molar-refractivity contribution is 7.99. The molecule has 0 aliphatic rings. The molecule has 1 aromatic carbocycles. The van der Waals surface area contributed by atoms with E-state index in [0.29, 0.717) is 22.7 Å². The zero-order valence-electron chi connectivity index (χ0n) is 15.9. The second kappa shape index (κ2) is 9.47. The minimum absolute atomic E-state index is 0.151. The second-order valence-electron chi connectivity index (χ2n) is 6.16. The van der Waals surface area contributed by atoms with E-state index in [0.717, 1.165) is 17.0 Å². The first kappa shape index (κ1) is 20.0. The van der Waals surface area contributed by atoms with Crippen LogP contribution in [0.1, 0.15) is 0 Å². The van der Waals surface area contributed by atoms with Gasteiger partial charge in [-0.2, -0.15) is 0 Å². The number of hydrogen-bond donors (Lipinski definition) is 1. The van der Waals surface area contributed by atoms with Crippen LogP contribution in [0, 0.1) is 0 Å². The van der Waals surface area contributed by atoms with E-state index in [-0.39, 0.29) is 11.7 Å². The highest BCUT2D eigenvalue weighted by Gasteiger charge is 2.16. The van der Waals surface area contributed by atoms with Gasteiger partial charge in [-0.25, -0.2) is 4.98 Å². The van der Waals surface area contributed by atoms with Crippen LogP contribution >= 0.6 is 23.1 Å². The van der Waals surface area contributed by atoms with Crippen molar-refractivity contribution in [2.75, 3.05) is 11.1 Å². The second-order valence-corrected chi connectivity index (χ2v) is 7.96. The molecule has 0 spiro atoms. The first-order valence-electron chi connectivity index (χ1n) is 9.13. The smallest absolute Gasteiger partial charge is 0.236 e. The number of thiazole rings is 1. The number of rotatable bonds is 8. The molecule has 7 nitrogen and oxygen atoms in total. The maximum atomic E-state index is 12.4. The van der Waals surface area contributed by atoms with Crippen molar-refractivity contribution in [3.05, 3.63) is 72.8 Å². The molecule has 4 aromatic rings. The minimum atomic E-state index is -0.151. The molecule has 0 saturated heterocycles. The standard InChI is InChI=1S/C21H18N6OS2/c1-2-12-27-19(16-10-6-7-11-22-16)25-26-21(27)30-14-18(28)24-20-23-17(13-29-20)15-8-4-3-5-9-15/h2-11,13H,1,12,14H2,(H,23,24,28). The van der Waals surface area contributed by atoms with Gasteiger partial charge in [0.15, 0.2) is 16.1 Å². The average molecular weight is 435 g/mol. The van der Waals surface area contributed by atoms with Crippen LogP contribution in [-0.2, 0) is 11.3 Å². The Morgan fingerprint density at radius 1 is 1.13 bits per heavy atom. The van der Waals surface area contributed by atoms with E-state index in [4.69, 9.17) is 0 Å². The maximum Gasteiger partial charge on any atom is 0.236 e. The van der Waals surface area contributed by atoms with Gasteiger partial charge in [0, 0.05) is 23.7 Å². The predicted octanol–water partition coefficient (Wildman–Crippen LogP) is 4.38. The Hall–Kier alpha value is -3.30. The maximum absolute atomic E-state index is 12.4. The average Bonchev–Trinajstić information content (AvgIpc) is 3.41. The fourth-order valence-electron chi connectivity index (χ4n) is 2.73. The number of thioether (sulfide) groups is 1. The molecule has 0 aliphatic heterocycles. The number of benzene rings is 1. The van der Waals surface area contributed by atoms with Gasteiger partial charge in [-0.1, -0.05) is 54.2 Å². The zero-order valence-corrected chi connectivity index (χ0v) is 17.6. The van der Waals surface area contributed by atoms with Gasteiger partial charge in [-0.05, 0) is 12.1 Å². The molecule has 3 aromatic heterocycles. The number of aromatic nitrogens is 5. The van der Waals surface area contributed by atoms with Crippen molar-refractivity contribution < 1.29 is 4.79 Å². The summed E-state index contributed by atoms with van der Waals surface area (Å²) in [5, 5.41) is 14.5. The number of hydrogen-bond acceptors (Lipinski definition) is 7. The van der Waals surface area contributed by atoms with Crippen molar-refractivity contribution >= 4 is 34.1 Å². The van der Waals surface area contributed by atoms with Gasteiger partial charge in [-0.15, -0.1) is 28.1 Å². The van der Waals surface area contributed by atoms with E-state index in [9.17, 15) is 4.79 Å². The third-order valence-corrected chi connectivity index (χ3v) is 5.80. The monoisotopic (exact) mass is 434 g/mol. The molecular weight excluding hydrogens is 416 g/mol. The highest BCUT2D eigenvalue weighted by atomic mass is 32.2. The summed E-state index contributed by atoms with van der Waals surface area (Å²) < 4.78 is 1.89. The fraction of sp³-hybridized carbons (Fsp3) is 0.0952. The molecular formula is C21H18N6OS2. The van der Waals surface area contributed by atoms with Crippen molar-refractivity contribution in [2.24, 2.45) is 0 Å². The van der Waals surface area contributed by atoms with Gasteiger partial charge in [-0.3, -0.25) is 14.3 Å². The zero-order chi connectivity index (χ0) is 20.8. The van der Waals surface area contributed by atoms with E-state index >= 15 is 0 Å². The summed E-state index contributed by atoms with van der Waals surface area (Å²) in [5.74, 6) is 0.685.